The van der Waals surface area contributed by atoms with Crippen LogP contribution in [0.15, 0.2) is 5.11 Å². The maximum absolute atomic E-state index is 12.7. The van der Waals surface area contributed by atoms with E-state index in [2.05, 4.69) is 10.0 Å². The van der Waals surface area contributed by atoms with E-state index in [1.54, 1.807) is 0 Å². The van der Waals surface area contributed by atoms with Crippen LogP contribution in [0.4, 0.5) is 0 Å². The highest BCUT2D eigenvalue weighted by molar-refractivity contribution is 7.47. The number of ether oxygens (including phenoxy) is 4. The highest BCUT2D eigenvalue weighted by Gasteiger charge is 2.51. The molecule has 31 heavy (non-hydrogen) atoms. The molecule has 2 fully saturated rings. The van der Waals surface area contributed by atoms with Crippen molar-refractivity contribution in [2.45, 2.75) is 88.7 Å². The molecule has 2 rings (SSSR count). The average Bonchev–Trinajstić information content (AvgIpc) is 3.15. The molecule has 3 unspecified atom stereocenters. The van der Waals surface area contributed by atoms with Crippen LogP contribution in [0.5, 0.6) is 0 Å². The maximum atomic E-state index is 12.7. The van der Waals surface area contributed by atoms with Gasteiger partial charge in [0.2, 0.25) is 0 Å². The van der Waals surface area contributed by atoms with Gasteiger partial charge in [-0.05, 0) is 46.1 Å². The Morgan fingerprint density at radius 2 is 1.97 bits per heavy atom. The molecule has 1 N–H and O–H groups in total. The fourth-order valence-corrected chi connectivity index (χ4v) is 4.50. The molecule has 172 valence electrons. The van der Waals surface area contributed by atoms with Gasteiger partial charge in [0.05, 0.1) is 38.1 Å². The van der Waals surface area contributed by atoms with Gasteiger partial charge in [-0.15, -0.1) is 0 Å². The van der Waals surface area contributed by atoms with Crippen molar-refractivity contribution >= 4 is 23.5 Å². The molecule has 2 aliphatic rings. The zero-order chi connectivity index (χ0) is 23.2. The van der Waals surface area contributed by atoms with Gasteiger partial charge in [0, 0.05) is 16.9 Å². The van der Waals surface area contributed by atoms with Crippen LogP contribution in [0.3, 0.4) is 0 Å². The molecule has 0 aromatic carbocycles. The molecule has 0 spiro atoms. The molecule has 2 aliphatic heterocycles. The number of hydrogen-bond donors (Lipinski definition) is 1. The summed E-state index contributed by atoms with van der Waals surface area (Å²) in [6, 6.07) is -1.35. The van der Waals surface area contributed by atoms with Gasteiger partial charge in [0.25, 0.3) is 0 Å². The van der Waals surface area contributed by atoms with Crippen LogP contribution in [0.25, 0.3) is 10.4 Å². The number of phosphoric ester groups is 1. The third kappa shape index (κ3) is 8.03. The van der Waals surface area contributed by atoms with Gasteiger partial charge in [-0.3, -0.25) is 9.05 Å². The predicted octanol–water partition coefficient (Wildman–Crippen LogP) is 1.95. The minimum Gasteiger partial charge on any atom is -0.380 e. The zero-order valence-corrected chi connectivity index (χ0v) is 19.2. The van der Waals surface area contributed by atoms with Crippen molar-refractivity contribution in [2.75, 3.05) is 19.8 Å². The third-order valence-corrected chi connectivity index (χ3v) is 5.82. The molecule has 0 bridgehead atoms. The van der Waals surface area contributed by atoms with E-state index in [9.17, 15) is 9.46 Å². The summed E-state index contributed by atoms with van der Waals surface area (Å²) in [5.41, 5.74) is 7.42. The Kier molecular flexibility index (Phi) is 9.88. The molecule has 0 saturated carbocycles. The van der Waals surface area contributed by atoms with Gasteiger partial charge in [-0.1, -0.05) is 5.11 Å². The van der Waals surface area contributed by atoms with Crippen molar-refractivity contribution < 1.29 is 37.5 Å². The lowest BCUT2D eigenvalue weighted by Crippen LogP contribution is -2.48. The molecule has 11 nitrogen and oxygen atoms in total. The molecule has 0 amide bonds. The summed E-state index contributed by atoms with van der Waals surface area (Å²) in [7, 11) is 7.15. The van der Waals surface area contributed by atoms with E-state index < -0.39 is 37.6 Å². The molecule has 7 atom stereocenters. The summed E-state index contributed by atoms with van der Waals surface area (Å²) < 4.78 is 45.9. The first-order valence-corrected chi connectivity index (χ1v) is 11.7. The van der Waals surface area contributed by atoms with Crippen LogP contribution in [-0.4, -0.2) is 88.5 Å². The van der Waals surface area contributed by atoms with E-state index in [4.69, 9.17) is 49.2 Å². The summed E-state index contributed by atoms with van der Waals surface area (Å²) in [5.74, 6) is 0. The maximum Gasteiger partial charge on any atom is 0.472 e. The van der Waals surface area contributed by atoms with Crippen LogP contribution >= 0.6 is 7.82 Å². The van der Waals surface area contributed by atoms with Crippen LogP contribution in [-0.2, 0) is 32.6 Å². The van der Waals surface area contributed by atoms with Crippen molar-refractivity contribution in [1.82, 2.24) is 0 Å². The van der Waals surface area contributed by atoms with Crippen molar-refractivity contribution in [3.63, 3.8) is 0 Å². The third-order valence-electron chi connectivity index (χ3n) is 4.82. The van der Waals surface area contributed by atoms with Gasteiger partial charge in [-0.25, -0.2) is 4.57 Å². The number of azide groups is 1. The van der Waals surface area contributed by atoms with E-state index in [1.807, 2.05) is 27.7 Å². The summed E-state index contributed by atoms with van der Waals surface area (Å²) in [6.45, 7) is 6.86. The number of phosphoric acid groups is 1. The molecule has 0 aromatic heterocycles. The second-order valence-electron chi connectivity index (χ2n) is 8.24. The second kappa shape index (κ2) is 11.5. The van der Waals surface area contributed by atoms with Crippen molar-refractivity contribution in [1.29, 1.82) is 0 Å². The van der Waals surface area contributed by atoms with Crippen LogP contribution in [0.2, 0.25) is 0 Å². The normalized spacial score (nSPS) is 35.4. The van der Waals surface area contributed by atoms with Gasteiger partial charge in [0.15, 0.2) is 0 Å². The standard InChI is InChI=1S/C17H30B2N3O8P/c1-10(2)25-9-17(8-21-22-20)14(6-16(19)29-17)30-31(23,24)26-7-13-12(27-11(3)4)5-15(18)28-13/h10-16H,5-9H2,1-4H3,(H,23,24)/t12?,13-,14?,15-,16-,17-/m1/s1. The number of hydrogen-bond acceptors (Lipinski definition) is 8. The fraction of sp³-hybridized carbons (Fsp3) is 1.00. The van der Waals surface area contributed by atoms with Crippen molar-refractivity contribution in [2.24, 2.45) is 5.11 Å². The zero-order valence-electron chi connectivity index (χ0n) is 18.3. The minimum absolute atomic E-state index is 0.0487. The van der Waals surface area contributed by atoms with Crippen LogP contribution < -0.4 is 0 Å². The summed E-state index contributed by atoms with van der Waals surface area (Å²) in [5, 5.41) is 3.55. The second-order valence-corrected chi connectivity index (χ2v) is 9.64. The fourth-order valence-electron chi connectivity index (χ4n) is 3.51. The van der Waals surface area contributed by atoms with E-state index in [1.165, 1.54) is 0 Å². The molecule has 0 aliphatic carbocycles. The largest absolute Gasteiger partial charge is 0.472 e. The van der Waals surface area contributed by atoms with Crippen LogP contribution in [0, 0.1) is 0 Å². The Morgan fingerprint density at radius 1 is 1.26 bits per heavy atom. The Hall–Kier alpha value is -0.610. The lowest BCUT2D eigenvalue weighted by Gasteiger charge is -2.34. The van der Waals surface area contributed by atoms with Gasteiger partial charge < -0.3 is 23.8 Å². The first kappa shape index (κ1) is 26.6. The summed E-state index contributed by atoms with van der Waals surface area (Å²) >= 11 is 0. The molecule has 14 heteroatoms. The van der Waals surface area contributed by atoms with Gasteiger partial charge >= 0.3 is 7.82 Å². The van der Waals surface area contributed by atoms with E-state index >= 15 is 0 Å². The first-order valence-electron chi connectivity index (χ1n) is 10.2. The smallest absolute Gasteiger partial charge is 0.380 e. The highest BCUT2D eigenvalue weighted by Crippen LogP contribution is 2.50. The van der Waals surface area contributed by atoms with Crippen molar-refractivity contribution in [3.05, 3.63) is 10.4 Å². The van der Waals surface area contributed by atoms with E-state index in [0.29, 0.717) is 6.42 Å². The Morgan fingerprint density at radius 3 is 2.58 bits per heavy atom. The van der Waals surface area contributed by atoms with Crippen molar-refractivity contribution in [3.8, 4) is 0 Å². The Balaban J connectivity index is 2.06. The quantitative estimate of drug-likeness (QED) is 0.154. The topological polar surface area (TPSA) is 141 Å². The molecular weight excluding hydrogens is 427 g/mol. The SMILES string of the molecule is [B][C@H]1CC(OC(C)C)[C@@H](COP(=O)(O)OC2C[C@H]([B])O[C@]2(CN=[N+]=[N-])COC(C)C)O1. The molecule has 0 aromatic rings. The average molecular weight is 457 g/mol. The highest BCUT2D eigenvalue weighted by atomic mass is 31.2. The molecular formula is C17H30B2N3O8P. The number of nitrogens with zero attached hydrogens (tertiary/aromatic N) is 3. The minimum atomic E-state index is -4.56. The van der Waals surface area contributed by atoms with E-state index in [0.717, 1.165) is 0 Å². The predicted molar refractivity (Wildman–Crippen MR) is 113 cm³/mol. The molecule has 2 saturated heterocycles. The number of rotatable bonds is 12. The molecule has 4 radical (unpaired) electrons. The van der Waals surface area contributed by atoms with Crippen LogP contribution in [0.1, 0.15) is 40.5 Å². The Bertz CT molecular complexity index is 684. The first-order chi connectivity index (χ1) is 14.5. The summed E-state index contributed by atoms with van der Waals surface area (Å²) in [4.78, 5) is 13.1. The summed E-state index contributed by atoms with van der Waals surface area (Å²) in [6.07, 6.45) is -1.71. The van der Waals surface area contributed by atoms with Gasteiger partial charge in [0.1, 0.15) is 33.5 Å². The lowest BCUT2D eigenvalue weighted by molar-refractivity contribution is -0.118. The van der Waals surface area contributed by atoms with E-state index in [-0.39, 0.29) is 44.5 Å². The molecule has 2 heterocycles. The monoisotopic (exact) mass is 457 g/mol. The lowest BCUT2D eigenvalue weighted by atomic mass is 9.92. The van der Waals surface area contributed by atoms with Gasteiger partial charge in [-0.2, -0.15) is 0 Å². The Labute approximate surface area is 185 Å².